The van der Waals surface area contributed by atoms with Gasteiger partial charge in [-0.2, -0.15) is 16.2 Å². The molecular formula is C35H39FN6O4S. The second kappa shape index (κ2) is 13.4. The molecule has 0 radical (unpaired) electrons. The molecule has 246 valence electrons. The number of carbonyl (C=O) groups is 3. The van der Waals surface area contributed by atoms with Gasteiger partial charge in [0, 0.05) is 66.6 Å². The molecule has 5 N–H and O–H groups in total. The third-order valence-electron chi connectivity index (χ3n) is 9.68. The maximum Gasteiger partial charge on any atom is 0.315 e. The van der Waals surface area contributed by atoms with E-state index in [1.807, 2.05) is 53.1 Å². The SMILES string of the molecule is Nc1nc(F)c(-c2ccc(OC3CCN(C(=O)CCCCC4SC[C@@H]5NC(=O)N[C@H]45)CC3)cc2)cc1-c1ccc2c(c1)CCNC2=O. The maximum atomic E-state index is 15.0. The van der Waals surface area contributed by atoms with Crippen molar-refractivity contribution in [2.45, 2.75) is 68.4 Å². The second-order valence-electron chi connectivity index (χ2n) is 12.7. The fraction of sp³-hybridized carbons (Fsp3) is 0.429. The Hall–Kier alpha value is -4.32. The number of unbranched alkanes of at least 4 members (excludes halogenated alkanes) is 1. The molecule has 4 amide bonds. The van der Waals surface area contributed by atoms with Crippen LogP contribution < -0.4 is 26.4 Å². The predicted molar refractivity (Wildman–Crippen MR) is 180 cm³/mol. The number of benzene rings is 2. The summed E-state index contributed by atoms with van der Waals surface area (Å²) < 4.78 is 21.3. The van der Waals surface area contributed by atoms with Crippen molar-refractivity contribution >= 4 is 35.4 Å². The van der Waals surface area contributed by atoms with Crippen LogP contribution >= 0.6 is 11.8 Å². The Bertz CT molecular complexity index is 1680. The number of nitrogens with one attached hydrogen (secondary N) is 3. The first-order valence-electron chi connectivity index (χ1n) is 16.4. The van der Waals surface area contributed by atoms with Gasteiger partial charge in [0.25, 0.3) is 5.91 Å². The lowest BCUT2D eigenvalue weighted by Gasteiger charge is -2.32. The van der Waals surface area contributed by atoms with Crippen LogP contribution in [0.5, 0.6) is 5.75 Å². The van der Waals surface area contributed by atoms with E-state index in [2.05, 4.69) is 20.9 Å². The van der Waals surface area contributed by atoms with Gasteiger partial charge in [0.05, 0.1) is 12.1 Å². The smallest absolute Gasteiger partial charge is 0.315 e. The molecule has 0 aliphatic carbocycles. The summed E-state index contributed by atoms with van der Waals surface area (Å²) in [6.45, 7) is 1.91. The minimum atomic E-state index is -0.653. The van der Waals surface area contributed by atoms with Gasteiger partial charge in [-0.05, 0) is 60.2 Å². The van der Waals surface area contributed by atoms with Crippen molar-refractivity contribution in [1.29, 1.82) is 0 Å². The summed E-state index contributed by atoms with van der Waals surface area (Å²) in [5, 5.41) is 9.27. The molecule has 1 unspecified atom stereocenters. The average Bonchev–Trinajstić information content (AvgIpc) is 3.63. The van der Waals surface area contributed by atoms with Crippen molar-refractivity contribution < 1.29 is 23.5 Å². The lowest BCUT2D eigenvalue weighted by molar-refractivity contribution is -0.133. The van der Waals surface area contributed by atoms with Crippen LogP contribution in [0.1, 0.15) is 54.4 Å². The van der Waals surface area contributed by atoms with E-state index in [1.165, 1.54) is 0 Å². The van der Waals surface area contributed by atoms with Gasteiger partial charge in [0.1, 0.15) is 17.7 Å². The van der Waals surface area contributed by atoms with Gasteiger partial charge >= 0.3 is 6.03 Å². The molecule has 2 aromatic carbocycles. The molecule has 3 saturated heterocycles. The molecule has 12 heteroatoms. The number of carbonyl (C=O) groups excluding carboxylic acids is 3. The van der Waals surface area contributed by atoms with Gasteiger partial charge in [-0.1, -0.05) is 30.7 Å². The zero-order chi connectivity index (χ0) is 32.5. The number of rotatable bonds is 9. The molecule has 1 aromatic heterocycles. The van der Waals surface area contributed by atoms with E-state index in [1.54, 1.807) is 12.1 Å². The van der Waals surface area contributed by atoms with Crippen LogP contribution in [-0.2, 0) is 11.2 Å². The molecule has 3 fully saturated rings. The van der Waals surface area contributed by atoms with Gasteiger partial charge < -0.3 is 31.3 Å². The average molecular weight is 659 g/mol. The highest BCUT2D eigenvalue weighted by molar-refractivity contribution is 8.00. The Morgan fingerprint density at radius 2 is 1.79 bits per heavy atom. The van der Waals surface area contributed by atoms with Crippen molar-refractivity contribution in [3.8, 4) is 28.0 Å². The van der Waals surface area contributed by atoms with Crippen LogP contribution in [-0.4, -0.2) is 76.6 Å². The zero-order valence-electron chi connectivity index (χ0n) is 26.1. The monoisotopic (exact) mass is 658 g/mol. The Morgan fingerprint density at radius 1 is 1.00 bits per heavy atom. The van der Waals surface area contributed by atoms with Crippen LogP contribution in [0.2, 0.25) is 0 Å². The minimum Gasteiger partial charge on any atom is -0.490 e. The fourth-order valence-corrected chi connectivity index (χ4v) is 8.63. The van der Waals surface area contributed by atoms with Crippen molar-refractivity contribution in [1.82, 2.24) is 25.8 Å². The van der Waals surface area contributed by atoms with E-state index in [-0.39, 0.29) is 41.9 Å². The third kappa shape index (κ3) is 6.74. The lowest BCUT2D eigenvalue weighted by atomic mass is 9.94. The Balaban J connectivity index is 0.899. The number of amides is 4. The maximum absolute atomic E-state index is 15.0. The van der Waals surface area contributed by atoms with Crippen LogP contribution in [0, 0.1) is 5.95 Å². The summed E-state index contributed by atoms with van der Waals surface area (Å²) >= 11 is 1.91. The molecule has 10 nitrogen and oxygen atoms in total. The van der Waals surface area contributed by atoms with Gasteiger partial charge in [-0.15, -0.1) is 0 Å². The van der Waals surface area contributed by atoms with E-state index in [9.17, 15) is 14.4 Å². The Morgan fingerprint density at radius 3 is 2.60 bits per heavy atom. The number of nitrogen functional groups attached to an aromatic ring is 1. The zero-order valence-corrected chi connectivity index (χ0v) is 26.9. The summed E-state index contributed by atoms with van der Waals surface area (Å²) in [4.78, 5) is 42.5. The van der Waals surface area contributed by atoms with E-state index < -0.39 is 5.95 Å². The van der Waals surface area contributed by atoms with E-state index in [4.69, 9.17) is 10.5 Å². The highest BCUT2D eigenvalue weighted by Gasteiger charge is 2.42. The first-order chi connectivity index (χ1) is 22.8. The number of likely N-dealkylation sites (tertiary alicyclic amines) is 1. The predicted octanol–water partition coefficient (Wildman–Crippen LogP) is 4.52. The van der Waals surface area contributed by atoms with Gasteiger partial charge in [0.15, 0.2) is 0 Å². The third-order valence-corrected chi connectivity index (χ3v) is 11.2. The standard InChI is InChI=1S/C35H39FN6O4S/c36-32-26(18-27(33(37)41-32)21-7-10-25-22(17-21)11-14-38-34(25)44)20-5-8-23(9-6-20)46-24-12-15-42(16-13-24)30(43)4-2-1-3-29-31-28(19-47-29)39-35(45)40-31/h5-10,17-18,24,28-29,31H,1-4,11-16,19H2,(H2,37,41)(H,38,44)(H2,39,40,45)/t28-,29?,31-/m0/s1. The highest BCUT2D eigenvalue weighted by atomic mass is 32.2. The molecular weight excluding hydrogens is 619 g/mol. The quantitative estimate of drug-likeness (QED) is 0.151. The Labute approximate surface area is 277 Å². The number of halogens is 1. The number of nitrogens with zero attached hydrogens (tertiary/aromatic N) is 2. The van der Waals surface area contributed by atoms with Crippen LogP contribution in [0.4, 0.5) is 15.0 Å². The number of ether oxygens (including phenoxy) is 1. The summed E-state index contributed by atoms with van der Waals surface area (Å²) in [5.41, 5.74) is 10.1. The summed E-state index contributed by atoms with van der Waals surface area (Å²) in [7, 11) is 0. The number of aromatic nitrogens is 1. The second-order valence-corrected chi connectivity index (χ2v) is 14.0. The first-order valence-corrected chi connectivity index (χ1v) is 17.5. The first kappa shape index (κ1) is 31.3. The summed E-state index contributed by atoms with van der Waals surface area (Å²) in [6.07, 6.45) is 5.61. The molecule has 0 bridgehead atoms. The number of thioether (sulfide) groups is 1. The molecule has 3 atom stereocenters. The van der Waals surface area contributed by atoms with Gasteiger partial charge in [0.2, 0.25) is 11.9 Å². The van der Waals surface area contributed by atoms with E-state index in [0.717, 1.165) is 55.4 Å². The number of piperidine rings is 1. The lowest BCUT2D eigenvalue weighted by Crippen LogP contribution is -2.41. The van der Waals surface area contributed by atoms with Crippen LogP contribution in [0.25, 0.3) is 22.3 Å². The summed E-state index contributed by atoms with van der Waals surface area (Å²) in [6, 6.07) is 14.9. The van der Waals surface area contributed by atoms with Crippen molar-refractivity contribution in [2.24, 2.45) is 0 Å². The number of hydrogen-bond acceptors (Lipinski definition) is 7. The molecule has 7 rings (SSSR count). The van der Waals surface area contributed by atoms with Crippen LogP contribution in [0.3, 0.4) is 0 Å². The van der Waals surface area contributed by atoms with E-state index in [0.29, 0.717) is 59.3 Å². The van der Waals surface area contributed by atoms with Crippen molar-refractivity contribution in [2.75, 3.05) is 31.1 Å². The van der Waals surface area contributed by atoms with Crippen LogP contribution in [0.15, 0.2) is 48.5 Å². The fourth-order valence-electron chi connectivity index (χ4n) is 7.08. The summed E-state index contributed by atoms with van der Waals surface area (Å²) in [5.74, 6) is 1.18. The van der Waals surface area contributed by atoms with E-state index >= 15 is 4.39 Å². The van der Waals surface area contributed by atoms with Crippen molar-refractivity contribution in [3.63, 3.8) is 0 Å². The number of urea groups is 1. The van der Waals surface area contributed by atoms with Gasteiger partial charge in [-0.25, -0.2) is 9.78 Å². The molecule has 5 heterocycles. The molecule has 0 saturated carbocycles. The topological polar surface area (TPSA) is 139 Å². The number of pyridine rings is 1. The number of anilines is 1. The molecule has 0 spiro atoms. The minimum absolute atomic E-state index is 0.0000818. The molecule has 4 aliphatic rings. The number of nitrogens with two attached hydrogens (primary N) is 1. The number of hydrogen-bond donors (Lipinski definition) is 4. The Kier molecular flexibility index (Phi) is 8.94. The molecule has 47 heavy (non-hydrogen) atoms. The normalized spacial score (nSPS) is 22.2. The van der Waals surface area contributed by atoms with Gasteiger partial charge in [-0.3, -0.25) is 9.59 Å². The largest absolute Gasteiger partial charge is 0.490 e. The molecule has 4 aliphatic heterocycles. The number of fused-ring (bicyclic) bond motifs is 2. The highest BCUT2D eigenvalue weighted by Crippen LogP contribution is 2.35. The molecule has 3 aromatic rings. The van der Waals surface area contributed by atoms with Crippen molar-refractivity contribution in [3.05, 3.63) is 65.6 Å².